The van der Waals surface area contributed by atoms with Gasteiger partial charge in [0.15, 0.2) is 5.82 Å². The number of hydrogen-bond donors (Lipinski definition) is 1. The molecule has 2 aromatic heterocycles. The van der Waals surface area contributed by atoms with Crippen molar-refractivity contribution in [2.75, 3.05) is 25.1 Å². The lowest BCUT2D eigenvalue weighted by Crippen LogP contribution is -2.52. The number of nitrogens with one attached hydrogen (secondary N) is 1. The Morgan fingerprint density at radius 2 is 1.89 bits per heavy atom. The minimum absolute atomic E-state index is 0.505. The number of fused-ring (bicyclic) bond motifs is 2. The molecule has 4 heterocycles. The molecule has 0 amide bonds. The van der Waals surface area contributed by atoms with Gasteiger partial charge in [-0.05, 0) is 42.7 Å². The van der Waals surface area contributed by atoms with Gasteiger partial charge in [0.2, 0.25) is 0 Å². The number of methoxy groups -OCH3 is 1. The highest BCUT2D eigenvalue weighted by molar-refractivity contribution is 5.56. The van der Waals surface area contributed by atoms with Crippen molar-refractivity contribution in [2.24, 2.45) is 0 Å². The highest BCUT2D eigenvalue weighted by Gasteiger charge is 2.37. The first-order valence-corrected chi connectivity index (χ1v) is 9.71. The zero-order chi connectivity index (χ0) is 18.9. The van der Waals surface area contributed by atoms with Crippen LogP contribution in [0.3, 0.4) is 0 Å². The number of rotatable bonds is 5. The van der Waals surface area contributed by atoms with Crippen LogP contribution in [0.15, 0.2) is 47.1 Å². The Hall–Kier alpha value is -2.93. The SMILES string of the molecule is COc1ccc(Cc2noc(-c3ccc(N4[C@@H]5CC[C@H]4CNC5)nc3)n2)cc1. The Bertz CT molecular complexity index is 922. The molecule has 2 bridgehead atoms. The summed E-state index contributed by atoms with van der Waals surface area (Å²) in [6.45, 7) is 2.08. The number of hydrogen-bond acceptors (Lipinski definition) is 7. The van der Waals surface area contributed by atoms with Crippen molar-refractivity contribution in [2.45, 2.75) is 31.3 Å². The van der Waals surface area contributed by atoms with Crippen LogP contribution in [0.5, 0.6) is 5.75 Å². The summed E-state index contributed by atoms with van der Waals surface area (Å²) in [6.07, 6.45) is 4.92. The fourth-order valence-electron chi connectivity index (χ4n) is 4.19. The Kier molecular flexibility index (Phi) is 4.44. The zero-order valence-corrected chi connectivity index (χ0v) is 15.8. The summed E-state index contributed by atoms with van der Waals surface area (Å²) in [5.74, 6) is 3.03. The average molecular weight is 377 g/mol. The summed E-state index contributed by atoms with van der Waals surface area (Å²) in [7, 11) is 1.66. The van der Waals surface area contributed by atoms with Crippen LogP contribution in [-0.4, -0.2) is 47.4 Å². The number of anilines is 1. The molecule has 2 atom stereocenters. The largest absolute Gasteiger partial charge is 0.497 e. The molecule has 7 nitrogen and oxygen atoms in total. The zero-order valence-electron chi connectivity index (χ0n) is 15.8. The number of pyridine rings is 1. The van der Waals surface area contributed by atoms with Crippen molar-refractivity contribution in [3.8, 4) is 17.2 Å². The van der Waals surface area contributed by atoms with E-state index in [0.29, 0.717) is 30.2 Å². The quantitative estimate of drug-likeness (QED) is 0.732. The van der Waals surface area contributed by atoms with Gasteiger partial charge in [0.25, 0.3) is 5.89 Å². The maximum absolute atomic E-state index is 5.46. The van der Waals surface area contributed by atoms with Crippen molar-refractivity contribution in [3.05, 3.63) is 54.0 Å². The molecule has 3 aromatic rings. The second-order valence-electron chi connectivity index (χ2n) is 7.40. The van der Waals surface area contributed by atoms with Gasteiger partial charge in [0.1, 0.15) is 11.6 Å². The molecule has 0 radical (unpaired) electrons. The molecule has 0 saturated carbocycles. The van der Waals surface area contributed by atoms with Crippen LogP contribution in [-0.2, 0) is 6.42 Å². The van der Waals surface area contributed by atoms with Gasteiger partial charge in [-0.2, -0.15) is 4.98 Å². The summed E-state index contributed by atoms with van der Waals surface area (Å²) in [5.41, 5.74) is 1.95. The standard InChI is InChI=1S/C21H23N5O2/c1-27-18-7-2-14(3-8-18)10-19-24-21(28-25-19)15-4-9-20(23-11-15)26-16-5-6-17(26)13-22-12-16/h2-4,7-9,11,16-17,22H,5-6,10,12-13H2,1H3/t16-,17+. The lowest BCUT2D eigenvalue weighted by atomic mass is 10.1. The van der Waals surface area contributed by atoms with Crippen LogP contribution >= 0.6 is 0 Å². The third kappa shape index (κ3) is 3.22. The minimum atomic E-state index is 0.505. The Morgan fingerprint density at radius 1 is 1.11 bits per heavy atom. The van der Waals surface area contributed by atoms with Crippen LogP contribution in [0.2, 0.25) is 0 Å². The maximum Gasteiger partial charge on any atom is 0.259 e. The summed E-state index contributed by atoms with van der Waals surface area (Å²) in [4.78, 5) is 11.7. The van der Waals surface area contributed by atoms with Crippen molar-refractivity contribution < 1.29 is 9.26 Å². The highest BCUT2D eigenvalue weighted by Crippen LogP contribution is 2.31. The Balaban J connectivity index is 1.30. The number of ether oxygens (including phenoxy) is 1. The van der Waals surface area contributed by atoms with Crippen molar-refractivity contribution in [1.29, 1.82) is 0 Å². The fraction of sp³-hybridized carbons (Fsp3) is 0.381. The maximum atomic E-state index is 5.46. The van der Waals surface area contributed by atoms with Crippen LogP contribution in [0.1, 0.15) is 24.2 Å². The molecule has 2 aliphatic rings. The molecule has 7 heteroatoms. The molecule has 0 aliphatic carbocycles. The second kappa shape index (κ2) is 7.24. The number of aromatic nitrogens is 3. The molecule has 28 heavy (non-hydrogen) atoms. The Morgan fingerprint density at radius 3 is 2.57 bits per heavy atom. The van der Waals surface area contributed by atoms with Gasteiger partial charge in [0, 0.05) is 37.8 Å². The van der Waals surface area contributed by atoms with Gasteiger partial charge in [-0.1, -0.05) is 17.3 Å². The molecule has 2 fully saturated rings. The van der Waals surface area contributed by atoms with E-state index in [4.69, 9.17) is 9.26 Å². The van der Waals surface area contributed by atoms with E-state index in [-0.39, 0.29) is 0 Å². The van der Waals surface area contributed by atoms with Crippen molar-refractivity contribution >= 4 is 5.82 Å². The number of nitrogens with zero attached hydrogens (tertiary/aromatic N) is 4. The number of piperazine rings is 1. The van der Waals surface area contributed by atoms with E-state index in [1.165, 1.54) is 12.8 Å². The lowest BCUT2D eigenvalue weighted by molar-refractivity contribution is 0.414. The first-order valence-electron chi connectivity index (χ1n) is 9.71. The molecule has 1 aromatic carbocycles. The average Bonchev–Trinajstić information content (AvgIpc) is 3.30. The van der Waals surface area contributed by atoms with E-state index in [0.717, 1.165) is 35.8 Å². The van der Waals surface area contributed by atoms with Crippen molar-refractivity contribution in [3.63, 3.8) is 0 Å². The first kappa shape index (κ1) is 17.2. The second-order valence-corrected chi connectivity index (χ2v) is 7.40. The van der Waals surface area contributed by atoms with Gasteiger partial charge >= 0.3 is 0 Å². The third-order valence-electron chi connectivity index (χ3n) is 5.63. The summed E-state index contributed by atoms with van der Waals surface area (Å²) in [5, 5.41) is 7.62. The molecular weight excluding hydrogens is 354 g/mol. The normalized spacial score (nSPS) is 21.1. The summed E-state index contributed by atoms with van der Waals surface area (Å²) < 4.78 is 10.6. The smallest absolute Gasteiger partial charge is 0.259 e. The van der Waals surface area contributed by atoms with E-state index in [9.17, 15) is 0 Å². The minimum Gasteiger partial charge on any atom is -0.497 e. The van der Waals surface area contributed by atoms with Crippen LogP contribution in [0.4, 0.5) is 5.82 Å². The summed E-state index contributed by atoms with van der Waals surface area (Å²) >= 11 is 0. The van der Waals surface area contributed by atoms with Gasteiger partial charge in [0.05, 0.1) is 12.7 Å². The number of benzene rings is 1. The molecule has 0 spiro atoms. The van der Waals surface area contributed by atoms with E-state index >= 15 is 0 Å². The Labute approximate surface area is 163 Å². The van der Waals surface area contributed by atoms with E-state index in [1.54, 1.807) is 7.11 Å². The topological polar surface area (TPSA) is 76.3 Å². The lowest BCUT2D eigenvalue weighted by Gasteiger charge is -2.36. The molecule has 0 unspecified atom stereocenters. The first-order chi connectivity index (χ1) is 13.8. The van der Waals surface area contributed by atoms with E-state index in [2.05, 4.69) is 31.4 Å². The van der Waals surface area contributed by atoms with Crippen LogP contribution in [0, 0.1) is 0 Å². The summed E-state index contributed by atoms with van der Waals surface area (Å²) in [6, 6.07) is 13.1. The monoisotopic (exact) mass is 377 g/mol. The van der Waals surface area contributed by atoms with Crippen LogP contribution < -0.4 is 15.0 Å². The molecule has 2 aliphatic heterocycles. The van der Waals surface area contributed by atoms with Gasteiger partial charge in [-0.3, -0.25) is 0 Å². The third-order valence-corrected chi connectivity index (χ3v) is 5.63. The molecule has 5 rings (SSSR count). The van der Waals surface area contributed by atoms with E-state index < -0.39 is 0 Å². The molecule has 2 saturated heterocycles. The highest BCUT2D eigenvalue weighted by atomic mass is 16.5. The predicted octanol–water partition coefficient (Wildman–Crippen LogP) is 2.67. The fourth-order valence-corrected chi connectivity index (χ4v) is 4.19. The van der Waals surface area contributed by atoms with Gasteiger partial charge in [-0.15, -0.1) is 0 Å². The molecular formula is C21H23N5O2. The van der Waals surface area contributed by atoms with E-state index in [1.807, 2.05) is 36.5 Å². The van der Waals surface area contributed by atoms with Gasteiger partial charge in [-0.25, -0.2) is 4.98 Å². The van der Waals surface area contributed by atoms with Crippen molar-refractivity contribution in [1.82, 2.24) is 20.4 Å². The molecule has 144 valence electrons. The van der Waals surface area contributed by atoms with Crippen LogP contribution in [0.25, 0.3) is 11.5 Å². The van der Waals surface area contributed by atoms with Gasteiger partial charge < -0.3 is 19.5 Å². The predicted molar refractivity (Wildman–Crippen MR) is 105 cm³/mol. The molecule has 1 N–H and O–H groups in total.